The molecule has 0 bridgehead atoms. The van der Waals surface area contributed by atoms with Crippen molar-refractivity contribution in [1.82, 2.24) is 4.90 Å². The van der Waals surface area contributed by atoms with E-state index in [1.165, 1.54) is 24.3 Å². The summed E-state index contributed by atoms with van der Waals surface area (Å²) in [5.41, 5.74) is 0.291. The van der Waals surface area contributed by atoms with Gasteiger partial charge in [0.1, 0.15) is 11.9 Å². The Kier molecular flexibility index (Phi) is 5.29. The molecule has 2 rings (SSSR count). The Morgan fingerprint density at radius 3 is 2.48 bits per heavy atom. The molecule has 0 aliphatic carbocycles. The van der Waals surface area contributed by atoms with Crippen molar-refractivity contribution >= 4 is 21.6 Å². The zero-order valence-corrected chi connectivity index (χ0v) is 14.5. The van der Waals surface area contributed by atoms with Crippen LogP contribution in [-0.4, -0.2) is 44.6 Å². The number of hydrogen-bond donors (Lipinski definition) is 0. The molecule has 7 heteroatoms. The summed E-state index contributed by atoms with van der Waals surface area (Å²) in [5.74, 6) is -0.255. The SMILES string of the molecule is C[C@@H]1CCCN(C(=O)[C@@H](C)N(c2ccc(F)cc2)S(C)(=O)=O)C1. The van der Waals surface area contributed by atoms with Gasteiger partial charge in [-0.15, -0.1) is 0 Å². The van der Waals surface area contributed by atoms with E-state index in [1.54, 1.807) is 11.8 Å². The molecule has 0 saturated carbocycles. The van der Waals surface area contributed by atoms with Crippen LogP contribution in [0.25, 0.3) is 0 Å². The van der Waals surface area contributed by atoms with Crippen molar-refractivity contribution in [2.75, 3.05) is 23.7 Å². The second-order valence-corrected chi connectivity index (χ2v) is 8.10. The molecule has 2 atom stereocenters. The maximum Gasteiger partial charge on any atom is 0.246 e. The molecule has 0 N–H and O–H groups in total. The molecule has 0 spiro atoms. The van der Waals surface area contributed by atoms with E-state index in [0.29, 0.717) is 24.7 Å². The number of sulfonamides is 1. The van der Waals surface area contributed by atoms with Crippen LogP contribution in [0.3, 0.4) is 0 Å². The van der Waals surface area contributed by atoms with Gasteiger partial charge in [-0.3, -0.25) is 9.10 Å². The lowest BCUT2D eigenvalue weighted by molar-refractivity contribution is -0.133. The molecule has 1 aliphatic rings. The van der Waals surface area contributed by atoms with Gasteiger partial charge in [0.25, 0.3) is 0 Å². The number of amides is 1. The lowest BCUT2D eigenvalue weighted by Crippen LogP contribution is -2.51. The minimum Gasteiger partial charge on any atom is -0.341 e. The van der Waals surface area contributed by atoms with Crippen LogP contribution in [0.5, 0.6) is 0 Å². The van der Waals surface area contributed by atoms with Gasteiger partial charge in [-0.1, -0.05) is 6.92 Å². The number of anilines is 1. The molecule has 0 radical (unpaired) electrons. The summed E-state index contributed by atoms with van der Waals surface area (Å²) in [4.78, 5) is 14.4. The Labute approximate surface area is 137 Å². The van der Waals surface area contributed by atoms with Crippen molar-refractivity contribution in [3.63, 3.8) is 0 Å². The maximum atomic E-state index is 13.1. The fourth-order valence-electron chi connectivity index (χ4n) is 3.04. The van der Waals surface area contributed by atoms with Crippen molar-refractivity contribution < 1.29 is 17.6 Å². The normalized spacial score (nSPS) is 20.2. The van der Waals surface area contributed by atoms with Crippen LogP contribution >= 0.6 is 0 Å². The van der Waals surface area contributed by atoms with Crippen molar-refractivity contribution in [3.05, 3.63) is 30.1 Å². The third-order valence-corrected chi connectivity index (χ3v) is 5.36. The van der Waals surface area contributed by atoms with Crippen LogP contribution in [0, 0.1) is 11.7 Å². The van der Waals surface area contributed by atoms with Crippen LogP contribution < -0.4 is 4.31 Å². The quantitative estimate of drug-likeness (QED) is 0.843. The summed E-state index contributed by atoms with van der Waals surface area (Å²) in [7, 11) is -3.66. The zero-order chi connectivity index (χ0) is 17.2. The minimum atomic E-state index is -3.66. The number of nitrogens with zero attached hydrogens (tertiary/aromatic N) is 2. The first kappa shape index (κ1) is 17.7. The molecular formula is C16H23FN2O3S. The Morgan fingerprint density at radius 2 is 1.96 bits per heavy atom. The fourth-order valence-corrected chi connectivity index (χ4v) is 4.21. The highest BCUT2D eigenvalue weighted by Crippen LogP contribution is 2.24. The van der Waals surface area contributed by atoms with E-state index in [9.17, 15) is 17.6 Å². The van der Waals surface area contributed by atoms with Gasteiger partial charge in [0.2, 0.25) is 15.9 Å². The van der Waals surface area contributed by atoms with E-state index in [0.717, 1.165) is 23.4 Å². The third-order valence-electron chi connectivity index (χ3n) is 4.12. The molecule has 1 aromatic rings. The average molecular weight is 342 g/mol. The number of piperidine rings is 1. The predicted molar refractivity (Wildman–Crippen MR) is 88.2 cm³/mol. The van der Waals surface area contributed by atoms with Crippen molar-refractivity contribution in [1.29, 1.82) is 0 Å². The Balaban J connectivity index is 2.28. The Hall–Kier alpha value is -1.63. The molecule has 0 unspecified atom stereocenters. The molecule has 1 amide bonds. The van der Waals surface area contributed by atoms with Gasteiger partial charge < -0.3 is 4.90 Å². The zero-order valence-electron chi connectivity index (χ0n) is 13.7. The van der Waals surface area contributed by atoms with Gasteiger partial charge in [0.15, 0.2) is 0 Å². The van der Waals surface area contributed by atoms with E-state index in [-0.39, 0.29) is 5.91 Å². The first-order valence-corrected chi connectivity index (χ1v) is 9.58. The maximum absolute atomic E-state index is 13.1. The standard InChI is InChI=1S/C16H23FN2O3S/c1-12-5-4-10-18(11-12)16(20)13(2)19(23(3,21)22)15-8-6-14(17)7-9-15/h6-9,12-13H,4-5,10-11H2,1-3H3/t12-,13-/m1/s1. The van der Waals surface area contributed by atoms with Crippen LogP contribution in [0.1, 0.15) is 26.7 Å². The molecule has 128 valence electrons. The number of hydrogen-bond acceptors (Lipinski definition) is 3. The Bertz CT molecular complexity index is 660. The van der Waals surface area contributed by atoms with E-state index >= 15 is 0 Å². The molecule has 23 heavy (non-hydrogen) atoms. The molecule has 1 aromatic carbocycles. The summed E-state index contributed by atoms with van der Waals surface area (Å²) in [6.45, 7) is 4.95. The molecule has 1 fully saturated rings. The van der Waals surface area contributed by atoms with Gasteiger partial charge in [0, 0.05) is 13.1 Å². The monoisotopic (exact) mass is 342 g/mol. The molecule has 1 aliphatic heterocycles. The summed E-state index contributed by atoms with van der Waals surface area (Å²) in [6.07, 6.45) is 3.06. The van der Waals surface area contributed by atoms with Crippen LogP contribution in [0.2, 0.25) is 0 Å². The van der Waals surface area contributed by atoms with Crippen LogP contribution in [-0.2, 0) is 14.8 Å². The number of carbonyl (C=O) groups is 1. The molecule has 0 aromatic heterocycles. The van der Waals surface area contributed by atoms with E-state index < -0.39 is 21.9 Å². The van der Waals surface area contributed by atoms with E-state index in [1.807, 2.05) is 0 Å². The highest BCUT2D eigenvalue weighted by molar-refractivity contribution is 7.92. The summed E-state index contributed by atoms with van der Waals surface area (Å²) >= 11 is 0. The summed E-state index contributed by atoms with van der Waals surface area (Å²) in [6, 6.07) is 4.26. The average Bonchev–Trinajstić information content (AvgIpc) is 2.47. The van der Waals surface area contributed by atoms with E-state index in [2.05, 4.69) is 6.92 Å². The summed E-state index contributed by atoms with van der Waals surface area (Å²) in [5, 5.41) is 0. The largest absolute Gasteiger partial charge is 0.341 e. The number of rotatable bonds is 4. The van der Waals surface area contributed by atoms with E-state index in [4.69, 9.17) is 0 Å². The van der Waals surface area contributed by atoms with Crippen molar-refractivity contribution in [2.24, 2.45) is 5.92 Å². The van der Waals surface area contributed by atoms with Crippen LogP contribution in [0.4, 0.5) is 10.1 Å². The third kappa shape index (κ3) is 4.22. The molecule has 1 heterocycles. The number of carbonyl (C=O) groups excluding carboxylic acids is 1. The predicted octanol–water partition coefficient (Wildman–Crippen LogP) is 2.24. The first-order valence-electron chi connectivity index (χ1n) is 7.74. The lowest BCUT2D eigenvalue weighted by Gasteiger charge is -2.36. The number of likely N-dealkylation sites (tertiary alicyclic amines) is 1. The number of halogens is 1. The minimum absolute atomic E-state index is 0.216. The summed E-state index contributed by atoms with van der Waals surface area (Å²) < 4.78 is 38.5. The number of benzene rings is 1. The lowest BCUT2D eigenvalue weighted by atomic mass is 10.00. The fraction of sp³-hybridized carbons (Fsp3) is 0.562. The highest BCUT2D eigenvalue weighted by Gasteiger charge is 2.33. The van der Waals surface area contributed by atoms with Gasteiger partial charge in [-0.25, -0.2) is 12.8 Å². The van der Waals surface area contributed by atoms with Gasteiger partial charge >= 0.3 is 0 Å². The molecular weight excluding hydrogens is 319 g/mol. The van der Waals surface area contributed by atoms with Gasteiger partial charge in [-0.2, -0.15) is 0 Å². The highest BCUT2D eigenvalue weighted by atomic mass is 32.2. The van der Waals surface area contributed by atoms with Gasteiger partial charge in [-0.05, 0) is 49.9 Å². The second kappa shape index (κ2) is 6.86. The topological polar surface area (TPSA) is 57.7 Å². The first-order chi connectivity index (χ1) is 10.7. The van der Waals surface area contributed by atoms with Crippen LogP contribution in [0.15, 0.2) is 24.3 Å². The van der Waals surface area contributed by atoms with Gasteiger partial charge in [0.05, 0.1) is 11.9 Å². The van der Waals surface area contributed by atoms with Crippen molar-refractivity contribution in [3.8, 4) is 0 Å². The Morgan fingerprint density at radius 1 is 1.35 bits per heavy atom. The smallest absolute Gasteiger partial charge is 0.246 e. The second-order valence-electron chi connectivity index (χ2n) is 6.24. The van der Waals surface area contributed by atoms with Crippen molar-refractivity contribution in [2.45, 2.75) is 32.7 Å². The molecule has 5 nitrogen and oxygen atoms in total. The molecule has 1 saturated heterocycles.